The molecular formula is C17H16N2OS. The number of benzene rings is 2. The van der Waals surface area contributed by atoms with Gasteiger partial charge in [-0.25, -0.2) is 4.98 Å². The molecule has 3 rings (SSSR count). The molecule has 4 heteroatoms. The predicted molar refractivity (Wildman–Crippen MR) is 87.0 cm³/mol. The van der Waals surface area contributed by atoms with E-state index < -0.39 is 0 Å². The summed E-state index contributed by atoms with van der Waals surface area (Å²) in [5.74, 6) is 0.912. The number of rotatable bonds is 4. The number of nitrogens with zero attached hydrogens (tertiary/aromatic N) is 2. The number of imidazole rings is 1. The largest absolute Gasteiger partial charge is 0.331 e. The summed E-state index contributed by atoms with van der Waals surface area (Å²) in [4.78, 5) is 18.1. The number of fused-ring (bicyclic) bond motifs is 1. The van der Waals surface area contributed by atoms with Crippen LogP contribution in [0.4, 0.5) is 0 Å². The smallest absolute Gasteiger partial charge is 0.171 e. The van der Waals surface area contributed by atoms with Crippen LogP contribution in [0.3, 0.4) is 0 Å². The van der Waals surface area contributed by atoms with E-state index in [1.807, 2.05) is 66.4 Å². The lowest BCUT2D eigenvalue weighted by atomic mass is 10.1. The second-order valence-corrected chi connectivity index (χ2v) is 5.72. The lowest BCUT2D eigenvalue weighted by molar-refractivity contribution is 0.0987. The molecule has 2 aromatic carbocycles. The zero-order valence-corrected chi connectivity index (χ0v) is 12.9. The summed E-state index contributed by atoms with van der Waals surface area (Å²) in [6, 6.07) is 15.7. The molecule has 0 aliphatic rings. The third-order valence-corrected chi connectivity index (χ3v) is 4.40. The van der Waals surface area contributed by atoms with Gasteiger partial charge in [-0.2, -0.15) is 0 Å². The Bertz CT molecular complexity index is 807. The topological polar surface area (TPSA) is 34.9 Å². The first-order chi connectivity index (χ1) is 10.2. The highest BCUT2D eigenvalue weighted by atomic mass is 32.2. The second kappa shape index (κ2) is 5.74. The van der Waals surface area contributed by atoms with E-state index in [-0.39, 0.29) is 5.78 Å². The molecule has 3 nitrogen and oxygen atoms in total. The maximum absolute atomic E-state index is 12.6. The Morgan fingerprint density at radius 2 is 1.86 bits per heavy atom. The Hall–Kier alpha value is -2.07. The van der Waals surface area contributed by atoms with E-state index in [9.17, 15) is 4.79 Å². The number of thioether (sulfide) groups is 1. The van der Waals surface area contributed by atoms with Crippen LogP contribution in [0.25, 0.3) is 11.0 Å². The van der Waals surface area contributed by atoms with Crippen molar-refractivity contribution in [1.29, 1.82) is 0 Å². The van der Waals surface area contributed by atoms with Crippen molar-refractivity contribution in [1.82, 2.24) is 9.55 Å². The maximum Gasteiger partial charge on any atom is 0.171 e. The quantitative estimate of drug-likeness (QED) is 0.543. The van der Waals surface area contributed by atoms with E-state index in [2.05, 4.69) is 4.98 Å². The molecule has 0 atom stereocenters. The molecule has 0 unspecified atom stereocenters. The first-order valence-corrected chi connectivity index (χ1v) is 7.99. The number of aryl methyl sites for hydroxylation is 1. The number of hydrogen-bond donors (Lipinski definition) is 0. The van der Waals surface area contributed by atoms with E-state index in [4.69, 9.17) is 0 Å². The summed E-state index contributed by atoms with van der Waals surface area (Å²) in [5, 5.41) is 0. The Morgan fingerprint density at radius 3 is 2.62 bits per heavy atom. The van der Waals surface area contributed by atoms with Crippen LogP contribution >= 0.6 is 11.8 Å². The monoisotopic (exact) mass is 296 g/mol. The molecule has 0 bridgehead atoms. The Labute approximate surface area is 128 Å². The van der Waals surface area contributed by atoms with E-state index in [1.165, 1.54) is 0 Å². The third kappa shape index (κ3) is 2.59. The van der Waals surface area contributed by atoms with Crippen molar-refractivity contribution in [3.05, 3.63) is 59.9 Å². The summed E-state index contributed by atoms with van der Waals surface area (Å²) >= 11 is 1.60. The van der Waals surface area contributed by atoms with Crippen molar-refractivity contribution in [2.24, 2.45) is 7.05 Å². The zero-order valence-electron chi connectivity index (χ0n) is 12.0. The molecular weight excluding hydrogens is 280 g/mol. The number of aromatic nitrogens is 2. The van der Waals surface area contributed by atoms with Gasteiger partial charge in [-0.15, -0.1) is 11.8 Å². The summed E-state index contributed by atoms with van der Waals surface area (Å²) in [6.07, 6.45) is 2.31. The van der Waals surface area contributed by atoms with Gasteiger partial charge >= 0.3 is 0 Å². The van der Waals surface area contributed by atoms with E-state index in [0.29, 0.717) is 6.42 Å². The highest BCUT2D eigenvalue weighted by molar-refractivity contribution is 7.98. The van der Waals surface area contributed by atoms with Crippen LogP contribution in [0.2, 0.25) is 0 Å². The normalized spacial score (nSPS) is 11.0. The van der Waals surface area contributed by atoms with Crippen molar-refractivity contribution in [2.75, 3.05) is 6.26 Å². The van der Waals surface area contributed by atoms with E-state index in [0.717, 1.165) is 27.3 Å². The fraction of sp³-hybridized carbons (Fsp3) is 0.176. The summed E-state index contributed by atoms with van der Waals surface area (Å²) in [6.45, 7) is 0. The van der Waals surface area contributed by atoms with Crippen molar-refractivity contribution < 1.29 is 4.79 Å². The summed E-state index contributed by atoms with van der Waals surface area (Å²) < 4.78 is 1.99. The fourth-order valence-corrected chi connectivity index (χ4v) is 3.08. The highest BCUT2D eigenvalue weighted by Gasteiger charge is 2.15. The van der Waals surface area contributed by atoms with Crippen LogP contribution in [0.15, 0.2) is 53.4 Å². The molecule has 106 valence electrons. The zero-order chi connectivity index (χ0) is 14.8. The van der Waals surface area contributed by atoms with Gasteiger partial charge < -0.3 is 4.57 Å². The van der Waals surface area contributed by atoms with Crippen LogP contribution in [0.1, 0.15) is 16.2 Å². The molecule has 0 N–H and O–H groups in total. The number of carbonyl (C=O) groups is 1. The van der Waals surface area contributed by atoms with Gasteiger partial charge in [0.1, 0.15) is 5.82 Å². The van der Waals surface area contributed by atoms with Crippen LogP contribution in [0, 0.1) is 0 Å². The molecule has 3 aromatic rings. The molecule has 0 saturated heterocycles. The van der Waals surface area contributed by atoms with Crippen LogP contribution in [0.5, 0.6) is 0 Å². The minimum absolute atomic E-state index is 0.110. The molecule has 0 aliphatic heterocycles. The number of Topliss-reactive ketones (excluding diaryl/α,β-unsaturated/α-hetero) is 1. The molecule has 1 aromatic heterocycles. The molecule has 0 radical (unpaired) electrons. The SMILES string of the molecule is CSc1ccccc1C(=O)Cc1nc2ccccc2n1C. The Morgan fingerprint density at radius 1 is 1.14 bits per heavy atom. The van der Waals surface area contributed by atoms with Gasteiger partial charge in [0.05, 0.1) is 17.5 Å². The minimum Gasteiger partial charge on any atom is -0.331 e. The molecule has 0 aliphatic carbocycles. The number of ketones is 1. The average molecular weight is 296 g/mol. The van der Waals surface area contributed by atoms with Crippen molar-refractivity contribution >= 4 is 28.6 Å². The Kier molecular flexibility index (Phi) is 3.80. The molecule has 1 heterocycles. The lowest BCUT2D eigenvalue weighted by Crippen LogP contribution is -2.09. The van der Waals surface area contributed by atoms with E-state index in [1.54, 1.807) is 11.8 Å². The number of carbonyl (C=O) groups excluding carboxylic acids is 1. The summed E-state index contributed by atoms with van der Waals surface area (Å²) in [7, 11) is 1.96. The summed E-state index contributed by atoms with van der Waals surface area (Å²) in [5.41, 5.74) is 2.76. The molecule has 21 heavy (non-hydrogen) atoms. The van der Waals surface area contributed by atoms with Crippen LogP contribution in [-0.2, 0) is 13.5 Å². The van der Waals surface area contributed by atoms with Crippen molar-refractivity contribution in [3.8, 4) is 0 Å². The van der Waals surface area contributed by atoms with E-state index >= 15 is 0 Å². The lowest BCUT2D eigenvalue weighted by Gasteiger charge is -2.06. The third-order valence-electron chi connectivity index (χ3n) is 3.61. The molecule has 0 saturated carbocycles. The highest BCUT2D eigenvalue weighted by Crippen LogP contribution is 2.22. The first kappa shape index (κ1) is 13.9. The number of para-hydroxylation sites is 2. The van der Waals surface area contributed by atoms with Gasteiger partial charge in [0.25, 0.3) is 0 Å². The standard InChI is InChI=1S/C17H16N2OS/c1-19-14-9-5-4-8-13(14)18-17(19)11-15(20)12-7-3-6-10-16(12)21-2/h3-10H,11H2,1-2H3. The van der Waals surface area contributed by atoms with Crippen LogP contribution in [-0.4, -0.2) is 21.6 Å². The van der Waals surface area contributed by atoms with Crippen molar-refractivity contribution in [3.63, 3.8) is 0 Å². The maximum atomic E-state index is 12.6. The first-order valence-electron chi connectivity index (χ1n) is 6.77. The second-order valence-electron chi connectivity index (χ2n) is 4.88. The van der Waals surface area contributed by atoms with Gasteiger partial charge in [-0.05, 0) is 24.5 Å². The minimum atomic E-state index is 0.110. The Balaban J connectivity index is 1.95. The van der Waals surface area contributed by atoms with Gasteiger partial charge in [0, 0.05) is 17.5 Å². The molecule has 0 fully saturated rings. The van der Waals surface area contributed by atoms with Crippen LogP contribution < -0.4 is 0 Å². The van der Waals surface area contributed by atoms with Gasteiger partial charge in [0.2, 0.25) is 0 Å². The average Bonchev–Trinajstić information content (AvgIpc) is 2.84. The number of hydrogen-bond acceptors (Lipinski definition) is 3. The van der Waals surface area contributed by atoms with Gasteiger partial charge in [-0.1, -0.05) is 30.3 Å². The fourth-order valence-electron chi connectivity index (χ4n) is 2.47. The van der Waals surface area contributed by atoms with Gasteiger partial charge in [0.15, 0.2) is 5.78 Å². The molecule has 0 spiro atoms. The van der Waals surface area contributed by atoms with Crippen molar-refractivity contribution in [2.45, 2.75) is 11.3 Å². The predicted octanol–water partition coefficient (Wildman–Crippen LogP) is 3.72. The van der Waals surface area contributed by atoms with Gasteiger partial charge in [-0.3, -0.25) is 4.79 Å². The molecule has 0 amide bonds.